The van der Waals surface area contributed by atoms with E-state index in [1.54, 1.807) is 13.0 Å². The number of rotatable bonds is 3. The molecule has 0 spiro atoms. The van der Waals surface area contributed by atoms with Crippen LogP contribution in [0.1, 0.15) is 47.2 Å². The Morgan fingerprint density at radius 1 is 1.19 bits per heavy atom. The van der Waals surface area contributed by atoms with Crippen LogP contribution in [0, 0.1) is 19.3 Å². The highest BCUT2D eigenvalue weighted by Crippen LogP contribution is 2.36. The molecule has 37 heavy (non-hydrogen) atoms. The molecule has 0 N–H and O–H groups in total. The van der Waals surface area contributed by atoms with Crippen LogP contribution in [0.5, 0.6) is 0 Å². The normalized spacial score (nSPS) is 23.7. The van der Waals surface area contributed by atoms with E-state index in [1.165, 1.54) is 17.1 Å². The molecule has 6 rings (SSSR count). The molecule has 2 aliphatic heterocycles. The maximum absolute atomic E-state index is 14.0. The molecule has 3 atom stereocenters. The molecule has 4 heterocycles. The van der Waals surface area contributed by atoms with E-state index in [9.17, 15) is 9.18 Å². The van der Waals surface area contributed by atoms with E-state index < -0.39 is 5.82 Å². The van der Waals surface area contributed by atoms with Crippen LogP contribution in [0.3, 0.4) is 0 Å². The van der Waals surface area contributed by atoms with Gasteiger partial charge in [-0.05, 0) is 65.4 Å². The minimum atomic E-state index is -0.497. The van der Waals surface area contributed by atoms with Crippen molar-refractivity contribution in [2.45, 2.75) is 44.2 Å². The van der Waals surface area contributed by atoms with Crippen LogP contribution in [0.15, 0.2) is 30.6 Å². The number of aromatic nitrogens is 5. The van der Waals surface area contributed by atoms with Gasteiger partial charge in [-0.25, -0.2) is 14.2 Å². The first-order chi connectivity index (χ1) is 18.0. The number of piperazine rings is 1. The second kappa shape index (κ2) is 9.61. The Labute approximate surface area is 213 Å². The van der Waals surface area contributed by atoms with Crippen molar-refractivity contribution in [2.24, 2.45) is 0 Å². The number of tetrazole rings is 1. The van der Waals surface area contributed by atoms with Gasteiger partial charge in [-0.2, -0.15) is 4.68 Å². The molecule has 190 valence electrons. The molecule has 0 bridgehead atoms. The summed E-state index contributed by atoms with van der Waals surface area (Å²) in [6.45, 7) is 12.2. The molecule has 0 radical (unpaired) electrons. The van der Waals surface area contributed by atoms with Gasteiger partial charge in [-0.15, -0.1) is 5.10 Å². The SMILES string of the molecule is [C-]#[N+]c1c(F)ccc([C@@H]2CN3CCN(C(=O)C4CCCc5nc(-n6cnnn6)ccc54)C[C@H]3CO2)c1C. The number of nitrogens with zero attached hydrogens (tertiary/aromatic N) is 8. The fourth-order valence-electron chi connectivity index (χ4n) is 5.86. The van der Waals surface area contributed by atoms with Crippen LogP contribution in [-0.4, -0.2) is 79.7 Å². The lowest BCUT2D eigenvalue weighted by Gasteiger charge is -2.47. The van der Waals surface area contributed by atoms with E-state index in [1.807, 2.05) is 17.0 Å². The smallest absolute Gasteiger partial charge is 0.230 e. The number of hydrogen-bond acceptors (Lipinski definition) is 7. The number of aryl methyl sites for hydroxylation is 1. The second-order valence-electron chi connectivity index (χ2n) is 9.88. The van der Waals surface area contributed by atoms with Gasteiger partial charge in [-0.1, -0.05) is 12.1 Å². The number of morpholine rings is 1. The number of hydrogen-bond donors (Lipinski definition) is 0. The van der Waals surface area contributed by atoms with Gasteiger partial charge in [0.2, 0.25) is 11.6 Å². The van der Waals surface area contributed by atoms with Gasteiger partial charge >= 0.3 is 0 Å². The second-order valence-corrected chi connectivity index (χ2v) is 9.88. The van der Waals surface area contributed by atoms with Gasteiger partial charge in [0.25, 0.3) is 0 Å². The van der Waals surface area contributed by atoms with E-state index in [-0.39, 0.29) is 29.7 Å². The fraction of sp³-hybridized carbons (Fsp3) is 0.462. The molecule has 1 aliphatic carbocycles. The summed E-state index contributed by atoms with van der Waals surface area (Å²) in [5, 5.41) is 11.3. The van der Waals surface area contributed by atoms with Crippen molar-refractivity contribution < 1.29 is 13.9 Å². The first-order valence-electron chi connectivity index (χ1n) is 12.6. The van der Waals surface area contributed by atoms with E-state index >= 15 is 0 Å². The Bertz CT molecular complexity index is 1370. The third-order valence-corrected chi connectivity index (χ3v) is 7.85. The van der Waals surface area contributed by atoms with Crippen LogP contribution in [0.2, 0.25) is 0 Å². The summed E-state index contributed by atoms with van der Waals surface area (Å²) in [5.41, 5.74) is 3.49. The highest BCUT2D eigenvalue weighted by molar-refractivity contribution is 5.84. The first kappa shape index (κ1) is 23.6. The van der Waals surface area contributed by atoms with Crippen molar-refractivity contribution in [1.29, 1.82) is 0 Å². The zero-order valence-electron chi connectivity index (χ0n) is 20.5. The van der Waals surface area contributed by atoms with Crippen LogP contribution in [0.25, 0.3) is 10.7 Å². The molecule has 1 unspecified atom stereocenters. The fourth-order valence-corrected chi connectivity index (χ4v) is 5.86. The molecular weight excluding hydrogens is 475 g/mol. The Morgan fingerprint density at radius 3 is 2.86 bits per heavy atom. The lowest BCUT2D eigenvalue weighted by Crippen LogP contribution is -2.60. The van der Waals surface area contributed by atoms with Gasteiger partial charge in [0, 0.05) is 31.9 Å². The largest absolute Gasteiger partial charge is 0.371 e. The summed E-state index contributed by atoms with van der Waals surface area (Å²) in [7, 11) is 0. The van der Waals surface area contributed by atoms with Gasteiger partial charge in [0.05, 0.1) is 31.2 Å². The summed E-state index contributed by atoms with van der Waals surface area (Å²) in [4.78, 5) is 26.1. The van der Waals surface area contributed by atoms with Crippen molar-refractivity contribution >= 4 is 11.6 Å². The van der Waals surface area contributed by atoms with Crippen molar-refractivity contribution in [2.75, 3.05) is 32.8 Å². The third-order valence-electron chi connectivity index (χ3n) is 7.85. The highest BCUT2D eigenvalue weighted by Gasteiger charge is 2.39. The molecule has 2 saturated heterocycles. The van der Waals surface area contributed by atoms with Crippen molar-refractivity contribution in [3.05, 3.63) is 70.2 Å². The van der Waals surface area contributed by atoms with Crippen LogP contribution in [0.4, 0.5) is 10.1 Å². The Hall–Kier alpha value is -3.75. The molecular formula is C26H27FN8O2. The van der Waals surface area contributed by atoms with Crippen LogP contribution < -0.4 is 0 Å². The highest BCUT2D eigenvalue weighted by atomic mass is 19.1. The van der Waals surface area contributed by atoms with Crippen LogP contribution in [-0.2, 0) is 16.0 Å². The molecule has 1 amide bonds. The van der Waals surface area contributed by atoms with E-state index in [0.29, 0.717) is 37.6 Å². The molecule has 3 aromatic rings. The molecule has 0 saturated carbocycles. The standard InChI is InChI=1S/C26H27FN8O2/c1-16-18(6-8-21(27)25(16)28-2)23-13-33-10-11-34(12-17(33)14-37-23)26(36)20-4-3-5-22-19(20)7-9-24(30-22)35-15-29-31-32-35/h6-9,15,17,20,23H,3-5,10-14H2,1H3/t17-,20?,23-/m0/s1. The maximum Gasteiger partial charge on any atom is 0.230 e. The predicted octanol–water partition coefficient (Wildman–Crippen LogP) is 2.76. The lowest BCUT2D eigenvalue weighted by atomic mass is 9.84. The van der Waals surface area contributed by atoms with Gasteiger partial charge in [0.15, 0.2) is 5.82 Å². The van der Waals surface area contributed by atoms with Gasteiger partial charge < -0.3 is 9.64 Å². The van der Waals surface area contributed by atoms with E-state index in [0.717, 1.165) is 42.6 Å². The number of fused-ring (bicyclic) bond motifs is 2. The summed E-state index contributed by atoms with van der Waals surface area (Å²) in [5.74, 6) is 0.107. The summed E-state index contributed by atoms with van der Waals surface area (Å²) < 4.78 is 21.7. The number of carbonyl (C=O) groups excluding carboxylic acids is 1. The summed E-state index contributed by atoms with van der Waals surface area (Å²) >= 11 is 0. The number of amides is 1. The predicted molar refractivity (Wildman–Crippen MR) is 131 cm³/mol. The van der Waals surface area contributed by atoms with Crippen molar-refractivity contribution in [1.82, 2.24) is 35.0 Å². The quantitative estimate of drug-likeness (QED) is 0.509. The minimum Gasteiger partial charge on any atom is -0.371 e. The average Bonchev–Trinajstić information content (AvgIpc) is 3.47. The summed E-state index contributed by atoms with van der Waals surface area (Å²) in [6, 6.07) is 7.05. The molecule has 11 heteroatoms. The zero-order chi connectivity index (χ0) is 25.5. The molecule has 1 aromatic carbocycles. The third kappa shape index (κ3) is 4.26. The summed E-state index contributed by atoms with van der Waals surface area (Å²) in [6.07, 6.45) is 3.85. The average molecular weight is 503 g/mol. The first-order valence-corrected chi connectivity index (χ1v) is 12.6. The zero-order valence-corrected chi connectivity index (χ0v) is 20.5. The maximum atomic E-state index is 14.0. The van der Waals surface area contributed by atoms with Crippen molar-refractivity contribution in [3.63, 3.8) is 0 Å². The topological polar surface area (TPSA) is 93.6 Å². The van der Waals surface area contributed by atoms with Crippen molar-refractivity contribution in [3.8, 4) is 5.82 Å². The Kier molecular flexibility index (Phi) is 6.14. The Balaban J connectivity index is 1.14. The number of benzene rings is 1. The van der Waals surface area contributed by atoms with Crippen LogP contribution >= 0.6 is 0 Å². The molecule has 2 fully saturated rings. The number of halogens is 1. The number of ether oxygens (including phenoxy) is 1. The number of carbonyl (C=O) groups is 1. The molecule has 2 aromatic heterocycles. The molecule has 10 nitrogen and oxygen atoms in total. The minimum absolute atomic E-state index is 0.0611. The monoisotopic (exact) mass is 502 g/mol. The van der Waals surface area contributed by atoms with Gasteiger partial charge in [0.1, 0.15) is 12.1 Å². The number of pyridine rings is 1. The Morgan fingerprint density at radius 2 is 2.05 bits per heavy atom. The van der Waals surface area contributed by atoms with Gasteiger partial charge in [-0.3, -0.25) is 9.69 Å². The molecule has 3 aliphatic rings. The van der Waals surface area contributed by atoms with E-state index in [4.69, 9.17) is 16.3 Å². The lowest BCUT2D eigenvalue weighted by molar-refractivity contribution is -0.142. The van der Waals surface area contributed by atoms with E-state index in [2.05, 4.69) is 25.3 Å².